The van der Waals surface area contributed by atoms with Crippen molar-refractivity contribution in [2.24, 2.45) is 5.92 Å². The van der Waals surface area contributed by atoms with Crippen LogP contribution in [0.3, 0.4) is 0 Å². The summed E-state index contributed by atoms with van der Waals surface area (Å²) < 4.78 is 5.03. The fourth-order valence-electron chi connectivity index (χ4n) is 2.17. The van der Waals surface area contributed by atoms with E-state index in [0.29, 0.717) is 5.92 Å². The number of methoxy groups -OCH3 is 1. The first kappa shape index (κ1) is 16.3. The van der Waals surface area contributed by atoms with Gasteiger partial charge < -0.3 is 15.0 Å². The highest BCUT2D eigenvalue weighted by molar-refractivity contribution is 6.33. The molecule has 1 rings (SSSR count). The minimum atomic E-state index is 0.607. The average Bonchev–Trinajstić information content (AvgIpc) is 2.33. The van der Waals surface area contributed by atoms with Crippen LogP contribution in [0.5, 0.6) is 0 Å². The van der Waals surface area contributed by atoms with E-state index in [4.69, 9.17) is 16.3 Å². The lowest BCUT2D eigenvalue weighted by molar-refractivity contribution is 0.199. The normalized spacial score (nSPS) is 11.1. The maximum Gasteiger partial charge on any atom is 0.0642 e. The quantitative estimate of drug-likeness (QED) is 0.742. The van der Waals surface area contributed by atoms with Gasteiger partial charge in [-0.3, -0.25) is 0 Å². The number of rotatable bonds is 8. The Balaban J connectivity index is 2.76. The highest BCUT2D eigenvalue weighted by Gasteiger charge is 2.12. The summed E-state index contributed by atoms with van der Waals surface area (Å²) in [6.45, 7) is 7.79. The molecule has 0 aliphatic rings. The number of nitrogens with one attached hydrogen (secondary N) is 1. The van der Waals surface area contributed by atoms with Gasteiger partial charge in [-0.2, -0.15) is 0 Å². The standard InChI is InChI=1S/C15H25ClN2O/c1-12(2)11-18(3)15-13(6-5-7-14(15)16)10-17-8-9-19-4/h5-7,12,17H,8-11H2,1-4H3. The zero-order chi connectivity index (χ0) is 14.3. The largest absolute Gasteiger partial charge is 0.383 e. The van der Waals surface area contributed by atoms with Gasteiger partial charge >= 0.3 is 0 Å². The molecule has 0 bridgehead atoms. The van der Waals surface area contributed by atoms with Crippen LogP contribution in [0.15, 0.2) is 18.2 Å². The number of hydrogen-bond acceptors (Lipinski definition) is 3. The van der Waals surface area contributed by atoms with Gasteiger partial charge in [0.15, 0.2) is 0 Å². The van der Waals surface area contributed by atoms with Gasteiger partial charge in [0.05, 0.1) is 17.3 Å². The molecule has 1 N–H and O–H groups in total. The lowest BCUT2D eigenvalue weighted by Crippen LogP contribution is -2.26. The van der Waals surface area contributed by atoms with Crippen molar-refractivity contribution in [2.75, 3.05) is 38.8 Å². The van der Waals surface area contributed by atoms with Crippen LogP contribution in [0.2, 0.25) is 5.02 Å². The van der Waals surface area contributed by atoms with Crippen molar-refractivity contribution in [1.29, 1.82) is 0 Å². The first-order valence-corrected chi connectivity index (χ1v) is 7.12. The summed E-state index contributed by atoms with van der Waals surface area (Å²) in [5.41, 5.74) is 2.36. The number of anilines is 1. The summed E-state index contributed by atoms with van der Waals surface area (Å²) >= 11 is 6.35. The van der Waals surface area contributed by atoms with Gasteiger partial charge in [0.25, 0.3) is 0 Å². The predicted octanol–water partition coefficient (Wildman–Crippen LogP) is 3.17. The number of para-hydroxylation sites is 1. The van der Waals surface area contributed by atoms with Crippen molar-refractivity contribution in [2.45, 2.75) is 20.4 Å². The molecular formula is C15H25ClN2O. The van der Waals surface area contributed by atoms with Crippen LogP contribution in [-0.2, 0) is 11.3 Å². The second-order valence-corrected chi connectivity index (χ2v) is 5.60. The Morgan fingerprint density at radius 3 is 2.74 bits per heavy atom. The topological polar surface area (TPSA) is 24.5 Å². The van der Waals surface area contributed by atoms with E-state index >= 15 is 0 Å². The van der Waals surface area contributed by atoms with E-state index in [1.54, 1.807) is 7.11 Å². The number of hydrogen-bond donors (Lipinski definition) is 1. The van der Waals surface area contributed by atoms with E-state index in [2.05, 4.69) is 37.2 Å². The van der Waals surface area contributed by atoms with Crippen molar-refractivity contribution in [3.8, 4) is 0 Å². The van der Waals surface area contributed by atoms with Crippen molar-refractivity contribution in [1.82, 2.24) is 5.32 Å². The van der Waals surface area contributed by atoms with Crippen molar-refractivity contribution >= 4 is 17.3 Å². The average molecular weight is 285 g/mol. The maximum absolute atomic E-state index is 6.35. The third-order valence-electron chi connectivity index (χ3n) is 2.89. The van der Waals surface area contributed by atoms with E-state index < -0.39 is 0 Å². The molecule has 0 saturated heterocycles. The fraction of sp³-hybridized carbons (Fsp3) is 0.600. The summed E-state index contributed by atoms with van der Waals surface area (Å²) in [6, 6.07) is 6.08. The highest BCUT2D eigenvalue weighted by atomic mass is 35.5. The summed E-state index contributed by atoms with van der Waals surface area (Å²) in [5.74, 6) is 0.607. The molecule has 0 spiro atoms. The van der Waals surface area contributed by atoms with Gasteiger partial charge in [-0.1, -0.05) is 37.6 Å². The Labute approximate surface area is 121 Å². The van der Waals surface area contributed by atoms with Crippen molar-refractivity contribution in [3.05, 3.63) is 28.8 Å². The number of nitrogens with zero attached hydrogens (tertiary/aromatic N) is 1. The van der Waals surface area contributed by atoms with Gasteiger partial charge in [0, 0.05) is 33.8 Å². The lowest BCUT2D eigenvalue weighted by atomic mass is 10.1. The molecule has 1 aromatic carbocycles. The van der Waals surface area contributed by atoms with Crippen LogP contribution in [0, 0.1) is 5.92 Å². The molecule has 0 fully saturated rings. The SMILES string of the molecule is COCCNCc1cccc(Cl)c1N(C)CC(C)C. The van der Waals surface area contributed by atoms with Crippen molar-refractivity contribution in [3.63, 3.8) is 0 Å². The fourth-order valence-corrected chi connectivity index (χ4v) is 2.50. The predicted molar refractivity (Wildman–Crippen MR) is 83.1 cm³/mol. The molecule has 3 nitrogen and oxygen atoms in total. The molecule has 19 heavy (non-hydrogen) atoms. The van der Waals surface area contributed by atoms with E-state index in [1.165, 1.54) is 5.56 Å². The second-order valence-electron chi connectivity index (χ2n) is 5.19. The monoisotopic (exact) mass is 284 g/mol. The summed E-state index contributed by atoms with van der Waals surface area (Å²) in [4.78, 5) is 2.24. The van der Waals surface area contributed by atoms with E-state index in [0.717, 1.165) is 37.0 Å². The van der Waals surface area contributed by atoms with Crippen LogP contribution in [0.4, 0.5) is 5.69 Å². The first-order valence-electron chi connectivity index (χ1n) is 6.74. The third-order valence-corrected chi connectivity index (χ3v) is 3.19. The highest BCUT2D eigenvalue weighted by Crippen LogP contribution is 2.29. The van der Waals surface area contributed by atoms with Crippen LogP contribution >= 0.6 is 11.6 Å². The van der Waals surface area contributed by atoms with Gasteiger partial charge in [-0.05, 0) is 17.5 Å². The Morgan fingerprint density at radius 2 is 2.11 bits per heavy atom. The second kappa shape index (κ2) is 8.41. The van der Waals surface area contributed by atoms with E-state index in [-0.39, 0.29) is 0 Å². The molecule has 0 aliphatic carbocycles. The van der Waals surface area contributed by atoms with Crippen LogP contribution in [0.25, 0.3) is 0 Å². The zero-order valence-electron chi connectivity index (χ0n) is 12.4. The maximum atomic E-state index is 6.35. The molecule has 0 aromatic heterocycles. The smallest absolute Gasteiger partial charge is 0.0642 e. The molecular weight excluding hydrogens is 260 g/mol. The number of halogens is 1. The number of benzene rings is 1. The molecule has 0 radical (unpaired) electrons. The third kappa shape index (κ3) is 5.39. The van der Waals surface area contributed by atoms with Gasteiger partial charge in [0.1, 0.15) is 0 Å². The molecule has 0 unspecified atom stereocenters. The molecule has 0 amide bonds. The van der Waals surface area contributed by atoms with Gasteiger partial charge in [0.2, 0.25) is 0 Å². The van der Waals surface area contributed by atoms with Crippen LogP contribution < -0.4 is 10.2 Å². The summed E-state index contributed by atoms with van der Waals surface area (Å²) in [6.07, 6.45) is 0. The zero-order valence-corrected chi connectivity index (χ0v) is 13.1. The van der Waals surface area contributed by atoms with Crippen LogP contribution in [0.1, 0.15) is 19.4 Å². The summed E-state index contributed by atoms with van der Waals surface area (Å²) in [5, 5.41) is 4.18. The Kier molecular flexibility index (Phi) is 7.21. The Bertz CT molecular complexity index is 382. The van der Waals surface area contributed by atoms with Crippen LogP contribution in [-0.4, -0.2) is 33.9 Å². The van der Waals surface area contributed by atoms with Gasteiger partial charge in [-0.25, -0.2) is 0 Å². The minimum absolute atomic E-state index is 0.607. The molecule has 4 heteroatoms. The Hall–Kier alpha value is -0.770. The molecule has 1 aromatic rings. The van der Waals surface area contributed by atoms with Gasteiger partial charge in [-0.15, -0.1) is 0 Å². The van der Waals surface area contributed by atoms with E-state index in [1.807, 2.05) is 12.1 Å². The molecule has 0 saturated carbocycles. The van der Waals surface area contributed by atoms with Crippen molar-refractivity contribution < 1.29 is 4.74 Å². The Morgan fingerprint density at radius 1 is 1.37 bits per heavy atom. The molecule has 108 valence electrons. The summed E-state index contributed by atoms with van der Waals surface area (Å²) in [7, 11) is 3.81. The number of ether oxygens (including phenoxy) is 1. The lowest BCUT2D eigenvalue weighted by Gasteiger charge is -2.25. The molecule has 0 heterocycles. The molecule has 0 aliphatic heterocycles. The molecule has 0 atom stereocenters. The first-order chi connectivity index (χ1) is 9.06. The van der Waals surface area contributed by atoms with E-state index in [9.17, 15) is 0 Å². The minimum Gasteiger partial charge on any atom is -0.383 e.